The summed E-state index contributed by atoms with van der Waals surface area (Å²) in [6, 6.07) is 6.27. The highest BCUT2D eigenvalue weighted by Gasteiger charge is 2.01. The highest BCUT2D eigenvalue weighted by atomic mass is 35.5. The molecule has 0 spiro atoms. The van der Waals surface area contributed by atoms with Gasteiger partial charge < -0.3 is 5.73 Å². The van der Waals surface area contributed by atoms with Crippen LogP contribution in [0.25, 0.3) is 0 Å². The van der Waals surface area contributed by atoms with E-state index in [4.69, 9.17) is 17.3 Å². The first-order chi connectivity index (χ1) is 6.11. The predicted octanol–water partition coefficient (Wildman–Crippen LogP) is 2.95. The molecule has 0 saturated carbocycles. The first-order valence-corrected chi connectivity index (χ1v) is 5.81. The Bertz CT molecular complexity index is 286. The molecular weight excluding hydrogens is 202 g/mol. The van der Waals surface area contributed by atoms with Crippen molar-refractivity contribution in [2.45, 2.75) is 24.3 Å². The van der Waals surface area contributed by atoms with E-state index in [1.54, 1.807) is 11.8 Å². The van der Waals surface area contributed by atoms with Gasteiger partial charge in [0.05, 0.1) is 0 Å². The number of nitrogens with two attached hydrogens (primary N) is 1. The van der Waals surface area contributed by atoms with Gasteiger partial charge in [0.2, 0.25) is 0 Å². The maximum absolute atomic E-state index is 5.96. The molecule has 0 saturated heterocycles. The average Bonchev–Trinajstić information content (AvgIpc) is 2.01. The Balaban J connectivity index is 2.88. The van der Waals surface area contributed by atoms with Crippen molar-refractivity contribution < 1.29 is 0 Å². The second kappa shape index (κ2) is 4.89. The van der Waals surface area contributed by atoms with Crippen LogP contribution in [0.5, 0.6) is 0 Å². The highest BCUT2D eigenvalue weighted by molar-refractivity contribution is 7.98. The van der Waals surface area contributed by atoms with Crippen LogP contribution >= 0.6 is 23.4 Å². The number of hydrogen-bond acceptors (Lipinski definition) is 2. The molecule has 1 aromatic rings. The van der Waals surface area contributed by atoms with Crippen LogP contribution in [0, 0.1) is 0 Å². The highest BCUT2D eigenvalue weighted by Crippen LogP contribution is 2.22. The van der Waals surface area contributed by atoms with E-state index < -0.39 is 0 Å². The first-order valence-electron chi connectivity index (χ1n) is 4.21. The summed E-state index contributed by atoms with van der Waals surface area (Å²) >= 11 is 7.66. The Morgan fingerprint density at radius 1 is 1.46 bits per heavy atom. The Kier molecular flexibility index (Phi) is 4.10. The van der Waals surface area contributed by atoms with E-state index in [2.05, 4.69) is 6.07 Å². The fourth-order valence-electron chi connectivity index (χ4n) is 1.23. The molecule has 3 heteroatoms. The SMILES string of the molecule is CSc1cc(Cl)cc(CC(C)N)c1. The standard InChI is InChI=1S/C10H14ClNS/c1-7(12)3-8-4-9(11)6-10(5-8)13-2/h4-7H,3,12H2,1-2H3. The minimum atomic E-state index is 0.188. The van der Waals surface area contributed by atoms with Gasteiger partial charge in [0.1, 0.15) is 0 Å². The quantitative estimate of drug-likeness (QED) is 0.785. The lowest BCUT2D eigenvalue weighted by Crippen LogP contribution is -2.17. The summed E-state index contributed by atoms with van der Waals surface area (Å²) in [5.74, 6) is 0. The van der Waals surface area contributed by atoms with Crippen molar-refractivity contribution in [3.8, 4) is 0 Å². The van der Waals surface area contributed by atoms with E-state index in [0.29, 0.717) is 0 Å². The molecule has 1 rings (SSSR count). The zero-order valence-electron chi connectivity index (χ0n) is 7.88. The lowest BCUT2D eigenvalue weighted by Gasteiger charge is -2.07. The van der Waals surface area contributed by atoms with Gasteiger partial charge in [-0.2, -0.15) is 0 Å². The Hall–Kier alpha value is -0.180. The molecule has 0 aliphatic carbocycles. The van der Waals surface area contributed by atoms with Gasteiger partial charge in [-0.25, -0.2) is 0 Å². The van der Waals surface area contributed by atoms with Crippen molar-refractivity contribution >= 4 is 23.4 Å². The van der Waals surface area contributed by atoms with Gasteiger partial charge in [0.25, 0.3) is 0 Å². The van der Waals surface area contributed by atoms with Gasteiger partial charge in [0, 0.05) is 16.0 Å². The summed E-state index contributed by atoms with van der Waals surface area (Å²) in [5, 5.41) is 0.794. The maximum atomic E-state index is 5.96. The number of rotatable bonds is 3. The second-order valence-corrected chi connectivity index (χ2v) is 4.50. The van der Waals surface area contributed by atoms with Gasteiger partial charge in [-0.1, -0.05) is 11.6 Å². The third-order valence-electron chi connectivity index (χ3n) is 1.72. The van der Waals surface area contributed by atoms with Crippen molar-refractivity contribution in [1.82, 2.24) is 0 Å². The first kappa shape index (κ1) is 10.9. The van der Waals surface area contributed by atoms with Crippen LogP contribution in [0.4, 0.5) is 0 Å². The Labute approximate surface area is 88.7 Å². The molecule has 0 aliphatic rings. The lowest BCUT2D eigenvalue weighted by atomic mass is 10.1. The molecule has 2 N–H and O–H groups in total. The van der Waals surface area contributed by atoms with Crippen LogP contribution in [0.2, 0.25) is 5.02 Å². The molecule has 1 unspecified atom stereocenters. The van der Waals surface area contributed by atoms with Crippen LogP contribution in [0.1, 0.15) is 12.5 Å². The normalized spacial score (nSPS) is 12.9. The van der Waals surface area contributed by atoms with Crippen LogP contribution < -0.4 is 5.73 Å². The fraction of sp³-hybridized carbons (Fsp3) is 0.400. The van der Waals surface area contributed by atoms with Crippen LogP contribution in [-0.4, -0.2) is 12.3 Å². The van der Waals surface area contributed by atoms with Crippen molar-refractivity contribution in [1.29, 1.82) is 0 Å². The molecule has 0 bridgehead atoms. The molecule has 0 aromatic heterocycles. The van der Waals surface area contributed by atoms with Gasteiger partial charge in [0.15, 0.2) is 0 Å². The minimum absolute atomic E-state index is 0.188. The number of benzene rings is 1. The smallest absolute Gasteiger partial charge is 0.0419 e. The molecule has 0 amide bonds. The van der Waals surface area contributed by atoms with Crippen LogP contribution in [-0.2, 0) is 6.42 Å². The molecule has 13 heavy (non-hydrogen) atoms. The Morgan fingerprint density at radius 3 is 2.69 bits per heavy atom. The summed E-state index contributed by atoms with van der Waals surface area (Å²) in [6.45, 7) is 2.00. The van der Waals surface area contributed by atoms with Crippen molar-refractivity contribution in [2.75, 3.05) is 6.26 Å². The molecule has 0 radical (unpaired) electrons. The van der Waals surface area contributed by atoms with Crippen molar-refractivity contribution in [3.05, 3.63) is 28.8 Å². The van der Waals surface area contributed by atoms with E-state index in [1.807, 2.05) is 25.3 Å². The molecule has 0 heterocycles. The van der Waals surface area contributed by atoms with Crippen molar-refractivity contribution in [2.24, 2.45) is 5.73 Å². The third-order valence-corrected chi connectivity index (χ3v) is 2.65. The topological polar surface area (TPSA) is 26.0 Å². The van der Waals surface area contributed by atoms with Gasteiger partial charge in [-0.3, -0.25) is 0 Å². The summed E-state index contributed by atoms with van der Waals surface area (Å²) in [7, 11) is 0. The van der Waals surface area contributed by atoms with Gasteiger partial charge in [-0.05, 0) is 43.4 Å². The summed E-state index contributed by atoms with van der Waals surface area (Å²) in [4.78, 5) is 1.20. The zero-order chi connectivity index (χ0) is 9.84. The zero-order valence-corrected chi connectivity index (χ0v) is 9.45. The van der Waals surface area contributed by atoms with Crippen LogP contribution in [0.15, 0.2) is 23.1 Å². The largest absolute Gasteiger partial charge is 0.328 e. The van der Waals surface area contributed by atoms with Gasteiger partial charge >= 0.3 is 0 Å². The van der Waals surface area contributed by atoms with E-state index in [-0.39, 0.29) is 6.04 Å². The molecule has 1 atom stereocenters. The molecule has 0 aliphatic heterocycles. The maximum Gasteiger partial charge on any atom is 0.0419 e. The molecular formula is C10H14ClNS. The molecule has 0 fully saturated rings. The summed E-state index contributed by atoms with van der Waals surface area (Å²) in [5.41, 5.74) is 6.93. The summed E-state index contributed by atoms with van der Waals surface area (Å²) in [6.07, 6.45) is 2.93. The predicted molar refractivity (Wildman–Crippen MR) is 60.6 cm³/mol. The summed E-state index contributed by atoms with van der Waals surface area (Å²) < 4.78 is 0. The van der Waals surface area contributed by atoms with Crippen LogP contribution in [0.3, 0.4) is 0 Å². The monoisotopic (exact) mass is 215 g/mol. The number of halogens is 1. The van der Waals surface area contributed by atoms with E-state index in [1.165, 1.54) is 10.5 Å². The number of thioether (sulfide) groups is 1. The minimum Gasteiger partial charge on any atom is -0.328 e. The Morgan fingerprint density at radius 2 is 2.15 bits per heavy atom. The molecule has 1 nitrogen and oxygen atoms in total. The number of hydrogen-bond donors (Lipinski definition) is 1. The second-order valence-electron chi connectivity index (χ2n) is 3.18. The molecule has 72 valence electrons. The van der Waals surface area contributed by atoms with E-state index in [9.17, 15) is 0 Å². The lowest BCUT2D eigenvalue weighted by molar-refractivity contribution is 0.737. The van der Waals surface area contributed by atoms with E-state index in [0.717, 1.165) is 11.4 Å². The van der Waals surface area contributed by atoms with E-state index >= 15 is 0 Å². The van der Waals surface area contributed by atoms with Crippen molar-refractivity contribution in [3.63, 3.8) is 0 Å². The average molecular weight is 216 g/mol. The fourth-order valence-corrected chi connectivity index (χ4v) is 2.06. The molecule has 1 aromatic carbocycles. The van der Waals surface area contributed by atoms with Gasteiger partial charge in [-0.15, -0.1) is 11.8 Å². The third kappa shape index (κ3) is 3.59.